The lowest BCUT2D eigenvalue weighted by atomic mass is 10.2. The molecule has 0 atom stereocenters. The fraction of sp³-hybridized carbons (Fsp3) is 0.333. The zero-order valence-corrected chi connectivity index (χ0v) is 15.4. The molecule has 0 bridgehead atoms. The molecule has 1 aliphatic heterocycles. The van der Waals surface area contributed by atoms with E-state index in [-0.39, 0.29) is 5.91 Å². The van der Waals surface area contributed by atoms with Crippen LogP contribution in [0.15, 0.2) is 41.4 Å². The van der Waals surface area contributed by atoms with Crippen molar-refractivity contribution in [3.8, 4) is 0 Å². The first kappa shape index (κ1) is 18.0. The predicted molar refractivity (Wildman–Crippen MR) is 104 cm³/mol. The highest BCUT2D eigenvalue weighted by Gasteiger charge is 2.20. The van der Waals surface area contributed by atoms with Crippen LogP contribution in [0.2, 0.25) is 5.02 Å². The van der Waals surface area contributed by atoms with Gasteiger partial charge in [-0.2, -0.15) is 0 Å². The second-order valence-corrected chi connectivity index (χ2v) is 7.17. The van der Waals surface area contributed by atoms with Crippen LogP contribution in [0.25, 0.3) is 0 Å². The number of hydrogen-bond donors (Lipinski definition) is 2. The predicted octanol–water partition coefficient (Wildman–Crippen LogP) is 4.33. The molecule has 1 aromatic carbocycles. The van der Waals surface area contributed by atoms with E-state index in [1.54, 1.807) is 12.3 Å². The summed E-state index contributed by atoms with van der Waals surface area (Å²) >= 11 is 7.25. The summed E-state index contributed by atoms with van der Waals surface area (Å²) in [6.45, 7) is 1.82. The Balaban J connectivity index is 1.86. The number of anilines is 2. The van der Waals surface area contributed by atoms with E-state index >= 15 is 0 Å². The molecule has 0 saturated carbocycles. The monoisotopic (exact) mass is 376 g/mol. The van der Waals surface area contributed by atoms with Gasteiger partial charge in [0.2, 0.25) is 0 Å². The highest BCUT2D eigenvalue weighted by molar-refractivity contribution is 7.97. The Morgan fingerprint density at radius 1 is 1.20 bits per heavy atom. The van der Waals surface area contributed by atoms with E-state index < -0.39 is 0 Å². The van der Waals surface area contributed by atoms with Crippen LogP contribution < -0.4 is 15.4 Å². The minimum absolute atomic E-state index is 0.214. The first-order valence-corrected chi connectivity index (χ1v) is 9.62. The minimum atomic E-state index is -0.214. The first-order valence-electron chi connectivity index (χ1n) is 8.36. The molecule has 132 valence electrons. The topological polar surface area (TPSA) is 71.2 Å². The van der Waals surface area contributed by atoms with Gasteiger partial charge in [0.05, 0.1) is 10.6 Å². The number of nitrogens with zero attached hydrogens (tertiary/aromatic N) is 2. The minimum Gasteiger partial charge on any atom is -0.356 e. The number of amides is 1. The second-order valence-electron chi connectivity index (χ2n) is 6.03. The standard InChI is InChI=1S/C18H21ClN4OS/c19-13-10-16(17(21-12-13)23-8-3-1-2-4-9-23)18(24)22-14-6-5-7-15(11-14)25-20/h5-7,10-12H,1-4,8-9,20H2,(H,22,24). The van der Waals surface area contributed by atoms with Gasteiger partial charge < -0.3 is 10.2 Å². The van der Waals surface area contributed by atoms with Crippen LogP contribution in [-0.4, -0.2) is 24.0 Å². The third-order valence-corrected chi connectivity index (χ3v) is 4.94. The second kappa shape index (κ2) is 8.56. The third-order valence-electron chi connectivity index (χ3n) is 4.21. The van der Waals surface area contributed by atoms with Crippen molar-refractivity contribution in [1.82, 2.24) is 4.98 Å². The fourth-order valence-corrected chi connectivity index (χ4v) is 3.49. The fourth-order valence-electron chi connectivity index (χ4n) is 2.98. The molecule has 2 heterocycles. The summed E-state index contributed by atoms with van der Waals surface area (Å²) in [6.07, 6.45) is 6.26. The first-order chi connectivity index (χ1) is 12.2. The van der Waals surface area contributed by atoms with Crippen LogP contribution in [0, 0.1) is 0 Å². The van der Waals surface area contributed by atoms with Gasteiger partial charge in [-0.3, -0.25) is 9.93 Å². The summed E-state index contributed by atoms with van der Waals surface area (Å²) < 4.78 is 0. The number of halogens is 1. The summed E-state index contributed by atoms with van der Waals surface area (Å²) in [5.41, 5.74) is 1.20. The molecular formula is C18H21ClN4OS. The van der Waals surface area contributed by atoms with E-state index in [1.807, 2.05) is 24.3 Å². The number of nitrogens with one attached hydrogen (secondary N) is 1. The van der Waals surface area contributed by atoms with Crippen molar-refractivity contribution in [2.45, 2.75) is 30.6 Å². The van der Waals surface area contributed by atoms with Crippen molar-refractivity contribution in [3.05, 3.63) is 47.1 Å². The number of carbonyl (C=O) groups is 1. The number of aromatic nitrogens is 1. The largest absolute Gasteiger partial charge is 0.356 e. The van der Waals surface area contributed by atoms with Crippen molar-refractivity contribution < 1.29 is 4.79 Å². The highest BCUT2D eigenvalue weighted by Crippen LogP contribution is 2.26. The average molecular weight is 377 g/mol. The van der Waals surface area contributed by atoms with E-state index in [1.165, 1.54) is 12.8 Å². The van der Waals surface area contributed by atoms with E-state index in [9.17, 15) is 4.79 Å². The van der Waals surface area contributed by atoms with E-state index in [0.29, 0.717) is 22.1 Å². The van der Waals surface area contributed by atoms with Crippen LogP contribution >= 0.6 is 23.5 Å². The Labute approximate surface area is 157 Å². The molecule has 3 rings (SSSR count). The summed E-state index contributed by atoms with van der Waals surface area (Å²) in [5.74, 6) is 0.488. The molecule has 0 radical (unpaired) electrons. The van der Waals surface area contributed by atoms with Crippen molar-refractivity contribution in [3.63, 3.8) is 0 Å². The lowest BCUT2D eigenvalue weighted by Crippen LogP contribution is -2.28. The van der Waals surface area contributed by atoms with E-state index in [4.69, 9.17) is 16.7 Å². The van der Waals surface area contributed by atoms with Gasteiger partial charge in [-0.25, -0.2) is 4.98 Å². The lowest BCUT2D eigenvalue weighted by Gasteiger charge is -2.23. The third kappa shape index (κ3) is 4.66. The number of pyridine rings is 1. The van der Waals surface area contributed by atoms with Crippen molar-refractivity contribution >= 4 is 41.0 Å². The van der Waals surface area contributed by atoms with Crippen LogP contribution in [0.3, 0.4) is 0 Å². The Morgan fingerprint density at radius 3 is 2.68 bits per heavy atom. The molecule has 2 aromatic rings. The van der Waals surface area contributed by atoms with Gasteiger partial charge >= 0.3 is 0 Å². The Morgan fingerprint density at radius 2 is 1.96 bits per heavy atom. The Kier molecular flexibility index (Phi) is 6.18. The summed E-state index contributed by atoms with van der Waals surface area (Å²) in [7, 11) is 0. The van der Waals surface area contributed by atoms with Gasteiger partial charge in [0, 0.05) is 29.9 Å². The normalized spacial score (nSPS) is 14.9. The number of nitrogens with two attached hydrogens (primary N) is 1. The summed E-state index contributed by atoms with van der Waals surface area (Å²) in [5, 5.41) is 8.96. The molecule has 1 aliphatic rings. The van der Waals surface area contributed by atoms with Gasteiger partial charge in [0.1, 0.15) is 5.82 Å². The molecule has 25 heavy (non-hydrogen) atoms. The molecule has 1 fully saturated rings. The molecule has 0 spiro atoms. The molecule has 1 amide bonds. The zero-order valence-electron chi connectivity index (χ0n) is 13.9. The quantitative estimate of drug-likeness (QED) is 0.777. The maximum atomic E-state index is 12.8. The summed E-state index contributed by atoms with van der Waals surface area (Å²) in [4.78, 5) is 20.4. The maximum Gasteiger partial charge on any atom is 0.259 e. The van der Waals surface area contributed by atoms with Crippen molar-refractivity contribution in [2.24, 2.45) is 5.14 Å². The number of benzene rings is 1. The van der Waals surface area contributed by atoms with Gasteiger partial charge in [0.25, 0.3) is 5.91 Å². The van der Waals surface area contributed by atoms with Crippen molar-refractivity contribution in [2.75, 3.05) is 23.3 Å². The molecule has 7 heteroatoms. The van der Waals surface area contributed by atoms with Crippen molar-refractivity contribution in [1.29, 1.82) is 0 Å². The number of rotatable bonds is 4. The molecule has 1 saturated heterocycles. The van der Waals surface area contributed by atoms with Crippen LogP contribution in [0.5, 0.6) is 0 Å². The van der Waals surface area contributed by atoms with E-state index in [0.717, 1.165) is 42.8 Å². The van der Waals surface area contributed by atoms with E-state index in [2.05, 4.69) is 15.2 Å². The Bertz CT molecular complexity index is 748. The average Bonchev–Trinajstić information content (AvgIpc) is 2.91. The van der Waals surface area contributed by atoms with Crippen LogP contribution in [0.4, 0.5) is 11.5 Å². The lowest BCUT2D eigenvalue weighted by molar-refractivity contribution is 0.102. The highest BCUT2D eigenvalue weighted by atomic mass is 35.5. The smallest absolute Gasteiger partial charge is 0.259 e. The van der Waals surface area contributed by atoms with Gasteiger partial charge in [0.15, 0.2) is 0 Å². The summed E-state index contributed by atoms with van der Waals surface area (Å²) in [6, 6.07) is 9.11. The molecule has 1 aromatic heterocycles. The van der Waals surface area contributed by atoms with Crippen LogP contribution in [-0.2, 0) is 0 Å². The molecule has 3 N–H and O–H groups in total. The van der Waals surface area contributed by atoms with Gasteiger partial charge in [-0.1, -0.05) is 30.5 Å². The SMILES string of the molecule is NSc1cccc(NC(=O)c2cc(Cl)cnc2N2CCCCCC2)c1. The molecule has 5 nitrogen and oxygen atoms in total. The zero-order chi connectivity index (χ0) is 17.6. The maximum absolute atomic E-state index is 12.8. The molecular weight excluding hydrogens is 356 g/mol. The van der Waals surface area contributed by atoms with Gasteiger partial charge in [-0.15, -0.1) is 0 Å². The van der Waals surface area contributed by atoms with Gasteiger partial charge in [-0.05, 0) is 49.1 Å². The molecule has 0 aliphatic carbocycles. The van der Waals surface area contributed by atoms with Crippen LogP contribution in [0.1, 0.15) is 36.0 Å². The molecule has 0 unspecified atom stereocenters. The Hall–Kier alpha value is -1.76. The number of carbonyl (C=O) groups excluding carboxylic acids is 1. The number of hydrogen-bond acceptors (Lipinski definition) is 5.